The van der Waals surface area contributed by atoms with E-state index in [4.69, 9.17) is 9.47 Å². The first-order chi connectivity index (χ1) is 14.3. The molecule has 1 atom stereocenters. The second-order valence-electron chi connectivity index (χ2n) is 7.06. The van der Waals surface area contributed by atoms with Gasteiger partial charge in [0.1, 0.15) is 22.2 Å². The van der Waals surface area contributed by atoms with Gasteiger partial charge in [0.2, 0.25) is 15.9 Å². The van der Waals surface area contributed by atoms with E-state index in [2.05, 4.69) is 5.32 Å². The minimum atomic E-state index is -3.99. The Bertz CT molecular complexity index is 995. The van der Waals surface area contributed by atoms with Crippen molar-refractivity contribution >= 4 is 15.9 Å². The molecule has 0 bridgehead atoms. The largest absolute Gasteiger partial charge is 0.497 e. The summed E-state index contributed by atoms with van der Waals surface area (Å²) in [5.41, 5.74) is 0.911. The van der Waals surface area contributed by atoms with Crippen LogP contribution in [0.4, 0.5) is 4.39 Å². The van der Waals surface area contributed by atoms with Gasteiger partial charge in [-0.05, 0) is 48.7 Å². The zero-order valence-corrected chi connectivity index (χ0v) is 17.7. The van der Waals surface area contributed by atoms with E-state index in [0.29, 0.717) is 19.4 Å². The Kier molecular flexibility index (Phi) is 6.94. The first-order valence-electron chi connectivity index (χ1n) is 9.59. The molecule has 1 amide bonds. The van der Waals surface area contributed by atoms with Crippen molar-refractivity contribution in [2.24, 2.45) is 5.92 Å². The van der Waals surface area contributed by atoms with Crippen LogP contribution in [0.1, 0.15) is 18.4 Å². The summed E-state index contributed by atoms with van der Waals surface area (Å²) >= 11 is 0. The summed E-state index contributed by atoms with van der Waals surface area (Å²) in [7, 11) is -1.08. The fourth-order valence-corrected chi connectivity index (χ4v) is 5.13. The highest BCUT2D eigenvalue weighted by Crippen LogP contribution is 2.30. The molecule has 9 heteroatoms. The lowest BCUT2D eigenvalue weighted by atomic mass is 9.99. The number of sulfonamides is 1. The second kappa shape index (κ2) is 9.44. The van der Waals surface area contributed by atoms with Gasteiger partial charge in [-0.2, -0.15) is 4.31 Å². The van der Waals surface area contributed by atoms with Crippen molar-refractivity contribution in [1.29, 1.82) is 0 Å². The van der Waals surface area contributed by atoms with Crippen LogP contribution in [0.15, 0.2) is 47.4 Å². The Morgan fingerprint density at radius 2 is 1.90 bits per heavy atom. The molecule has 2 aromatic carbocycles. The molecule has 0 aliphatic carbocycles. The number of nitrogens with zero attached hydrogens (tertiary/aromatic N) is 1. The number of hydrogen-bond donors (Lipinski definition) is 1. The average molecular weight is 437 g/mol. The zero-order valence-electron chi connectivity index (χ0n) is 16.9. The lowest BCUT2D eigenvalue weighted by molar-refractivity contribution is -0.126. The molecule has 1 saturated heterocycles. The predicted molar refractivity (Wildman–Crippen MR) is 109 cm³/mol. The summed E-state index contributed by atoms with van der Waals surface area (Å²) in [5, 5.41) is 2.86. The molecule has 0 unspecified atom stereocenters. The molecular weight excluding hydrogens is 411 g/mol. The van der Waals surface area contributed by atoms with Crippen molar-refractivity contribution in [3.63, 3.8) is 0 Å². The van der Waals surface area contributed by atoms with E-state index in [0.717, 1.165) is 23.4 Å². The van der Waals surface area contributed by atoms with Gasteiger partial charge in [-0.1, -0.05) is 12.1 Å². The summed E-state index contributed by atoms with van der Waals surface area (Å²) in [6.07, 6.45) is 1.12. The number of rotatable bonds is 7. The number of benzene rings is 2. The van der Waals surface area contributed by atoms with Crippen LogP contribution in [0.2, 0.25) is 0 Å². The maximum absolute atomic E-state index is 13.7. The van der Waals surface area contributed by atoms with E-state index >= 15 is 0 Å². The number of methoxy groups -OCH3 is 2. The zero-order chi connectivity index (χ0) is 21.7. The summed E-state index contributed by atoms with van der Waals surface area (Å²) < 4.78 is 51.2. The quantitative estimate of drug-likeness (QED) is 0.721. The molecule has 0 aromatic heterocycles. The Labute approximate surface area is 175 Å². The minimum absolute atomic E-state index is 0.0381. The van der Waals surface area contributed by atoms with Crippen molar-refractivity contribution < 1.29 is 27.1 Å². The van der Waals surface area contributed by atoms with Crippen LogP contribution in [-0.2, 0) is 21.4 Å². The number of nitrogens with one attached hydrogen (secondary N) is 1. The van der Waals surface area contributed by atoms with E-state index in [-0.39, 0.29) is 29.6 Å². The Balaban J connectivity index is 1.68. The summed E-state index contributed by atoms with van der Waals surface area (Å²) in [4.78, 5) is 12.4. The van der Waals surface area contributed by atoms with E-state index in [1.54, 1.807) is 7.11 Å². The average Bonchev–Trinajstić information content (AvgIpc) is 2.77. The number of amides is 1. The van der Waals surface area contributed by atoms with Gasteiger partial charge in [-0.3, -0.25) is 4.79 Å². The number of carbonyl (C=O) groups excluding carboxylic acids is 1. The molecule has 1 heterocycles. The number of carbonyl (C=O) groups is 1. The van der Waals surface area contributed by atoms with Gasteiger partial charge in [0, 0.05) is 19.6 Å². The maximum atomic E-state index is 13.7. The van der Waals surface area contributed by atoms with Gasteiger partial charge >= 0.3 is 0 Å². The topological polar surface area (TPSA) is 84.9 Å². The van der Waals surface area contributed by atoms with Gasteiger partial charge in [0.15, 0.2) is 0 Å². The molecule has 7 nitrogen and oxygen atoms in total. The fourth-order valence-electron chi connectivity index (χ4n) is 3.44. The molecule has 162 valence electrons. The van der Waals surface area contributed by atoms with Crippen molar-refractivity contribution in [1.82, 2.24) is 9.62 Å². The van der Waals surface area contributed by atoms with Gasteiger partial charge in [0.25, 0.3) is 0 Å². The molecule has 0 saturated carbocycles. The number of halogens is 1. The van der Waals surface area contributed by atoms with Crippen molar-refractivity contribution in [3.8, 4) is 11.5 Å². The second-order valence-corrected chi connectivity index (χ2v) is 8.97. The smallest absolute Gasteiger partial charge is 0.246 e. The maximum Gasteiger partial charge on any atom is 0.246 e. The standard InChI is InChI=1S/C21H25FN2O5S/c1-28-18-8-5-15(6-9-18)13-23-21(25)16-4-3-11-24(14-16)30(26,27)20-12-17(22)7-10-19(20)29-2/h5-10,12,16H,3-4,11,13-14H2,1-2H3,(H,23,25)/t16-/m0/s1. The third-order valence-corrected chi connectivity index (χ3v) is 7.01. The van der Waals surface area contributed by atoms with Crippen LogP contribution in [0.3, 0.4) is 0 Å². The van der Waals surface area contributed by atoms with Crippen molar-refractivity contribution in [2.75, 3.05) is 27.3 Å². The summed E-state index contributed by atoms with van der Waals surface area (Å²) in [6, 6.07) is 10.7. The van der Waals surface area contributed by atoms with Gasteiger partial charge in [-0.15, -0.1) is 0 Å². The molecule has 1 fully saturated rings. The molecule has 1 aliphatic heterocycles. The Morgan fingerprint density at radius 1 is 1.17 bits per heavy atom. The van der Waals surface area contributed by atoms with E-state index < -0.39 is 21.8 Å². The summed E-state index contributed by atoms with van der Waals surface area (Å²) in [6.45, 7) is 0.643. The first kappa shape index (κ1) is 22.0. The van der Waals surface area contributed by atoms with Gasteiger partial charge in [-0.25, -0.2) is 12.8 Å². The molecule has 2 aromatic rings. The van der Waals surface area contributed by atoms with Crippen molar-refractivity contribution in [3.05, 3.63) is 53.8 Å². The summed E-state index contributed by atoms with van der Waals surface area (Å²) in [5.74, 6) is -0.558. The van der Waals surface area contributed by atoms with Crippen LogP contribution in [0.5, 0.6) is 11.5 Å². The fraction of sp³-hybridized carbons (Fsp3) is 0.381. The Hall–Kier alpha value is -2.65. The molecule has 3 rings (SSSR count). The van der Waals surface area contributed by atoms with E-state index in [9.17, 15) is 17.6 Å². The molecule has 30 heavy (non-hydrogen) atoms. The monoisotopic (exact) mass is 436 g/mol. The third-order valence-electron chi connectivity index (χ3n) is 5.12. The third kappa shape index (κ3) is 4.91. The SMILES string of the molecule is COc1ccc(CNC(=O)[C@H]2CCCN(S(=O)(=O)c3cc(F)ccc3OC)C2)cc1. The van der Waals surface area contributed by atoms with Crippen molar-refractivity contribution in [2.45, 2.75) is 24.3 Å². The number of ether oxygens (including phenoxy) is 2. The normalized spacial score (nSPS) is 17.4. The van der Waals surface area contributed by atoms with Crippen LogP contribution < -0.4 is 14.8 Å². The van der Waals surface area contributed by atoms with E-state index in [1.807, 2.05) is 24.3 Å². The predicted octanol–water partition coefficient (Wildman–Crippen LogP) is 2.56. The van der Waals surface area contributed by atoms with Crippen LogP contribution in [-0.4, -0.2) is 45.9 Å². The molecule has 0 spiro atoms. The minimum Gasteiger partial charge on any atom is -0.497 e. The van der Waals surface area contributed by atoms with Crippen LogP contribution in [0.25, 0.3) is 0 Å². The van der Waals surface area contributed by atoms with Gasteiger partial charge in [0.05, 0.1) is 20.1 Å². The van der Waals surface area contributed by atoms with Crippen LogP contribution >= 0.6 is 0 Å². The Morgan fingerprint density at radius 3 is 2.57 bits per heavy atom. The van der Waals surface area contributed by atoms with E-state index in [1.165, 1.54) is 17.5 Å². The van der Waals surface area contributed by atoms with Crippen LogP contribution in [0, 0.1) is 11.7 Å². The lowest BCUT2D eigenvalue weighted by Gasteiger charge is -2.31. The molecule has 1 aliphatic rings. The number of piperidine rings is 1. The molecule has 0 radical (unpaired) electrons. The highest BCUT2D eigenvalue weighted by molar-refractivity contribution is 7.89. The highest BCUT2D eigenvalue weighted by atomic mass is 32.2. The highest BCUT2D eigenvalue weighted by Gasteiger charge is 2.35. The number of hydrogen-bond acceptors (Lipinski definition) is 5. The molecular formula is C21H25FN2O5S. The van der Waals surface area contributed by atoms with Gasteiger partial charge < -0.3 is 14.8 Å². The first-order valence-corrected chi connectivity index (χ1v) is 11.0. The molecule has 1 N–H and O–H groups in total. The lowest BCUT2D eigenvalue weighted by Crippen LogP contribution is -2.45.